The summed E-state index contributed by atoms with van der Waals surface area (Å²) in [6.45, 7) is 6.35. The molecule has 3 rings (SSSR count). The molecule has 0 radical (unpaired) electrons. The molecule has 1 aromatic carbocycles. The lowest BCUT2D eigenvalue weighted by Crippen LogP contribution is -2.36. The zero-order valence-electron chi connectivity index (χ0n) is 18.3. The van der Waals surface area contributed by atoms with Crippen molar-refractivity contribution in [2.24, 2.45) is 0 Å². The number of nitrogens with one attached hydrogen (secondary N) is 1. The van der Waals surface area contributed by atoms with Crippen LogP contribution < -0.4 is 19.5 Å². The molecule has 1 fully saturated rings. The van der Waals surface area contributed by atoms with Gasteiger partial charge in [-0.1, -0.05) is 11.3 Å². The Hall–Kier alpha value is -2.81. The minimum atomic E-state index is -0.195. The summed E-state index contributed by atoms with van der Waals surface area (Å²) in [5.41, 5.74) is 1.38. The number of carbonyl (C=O) groups is 1. The highest BCUT2D eigenvalue weighted by atomic mass is 16.5. The minimum absolute atomic E-state index is 0.0595. The van der Waals surface area contributed by atoms with Gasteiger partial charge in [-0.2, -0.15) is 0 Å². The molecule has 1 amide bonds. The summed E-state index contributed by atoms with van der Waals surface area (Å²) in [6.07, 6.45) is 3.77. The number of methoxy groups -OCH3 is 3. The van der Waals surface area contributed by atoms with Crippen molar-refractivity contribution in [3.05, 3.63) is 29.6 Å². The van der Waals surface area contributed by atoms with Gasteiger partial charge in [-0.15, -0.1) is 5.10 Å². The summed E-state index contributed by atoms with van der Waals surface area (Å²) in [6, 6.07) is 4.13. The van der Waals surface area contributed by atoms with Gasteiger partial charge >= 0.3 is 0 Å². The van der Waals surface area contributed by atoms with Crippen LogP contribution in [0.15, 0.2) is 18.3 Å². The molecule has 1 N–H and O–H groups in total. The third-order valence-electron chi connectivity index (χ3n) is 5.20. The van der Waals surface area contributed by atoms with E-state index < -0.39 is 0 Å². The summed E-state index contributed by atoms with van der Waals surface area (Å²) < 4.78 is 18.3. The van der Waals surface area contributed by atoms with Gasteiger partial charge in [0, 0.05) is 24.7 Å². The molecule has 0 spiro atoms. The number of likely N-dealkylation sites (tertiary alicyclic amines) is 1. The quantitative estimate of drug-likeness (QED) is 0.705. The second kappa shape index (κ2) is 9.80. The number of benzene rings is 1. The van der Waals surface area contributed by atoms with Crippen LogP contribution in [0.3, 0.4) is 0 Å². The maximum Gasteiger partial charge on any atom is 0.273 e. The van der Waals surface area contributed by atoms with Crippen molar-refractivity contribution in [1.29, 1.82) is 0 Å². The molecule has 9 nitrogen and oxygen atoms in total. The highest BCUT2D eigenvalue weighted by Gasteiger charge is 2.25. The minimum Gasteiger partial charge on any atom is -0.493 e. The van der Waals surface area contributed by atoms with E-state index in [-0.39, 0.29) is 18.0 Å². The van der Waals surface area contributed by atoms with Crippen LogP contribution in [0.2, 0.25) is 0 Å². The van der Waals surface area contributed by atoms with Crippen molar-refractivity contribution in [3.8, 4) is 17.2 Å². The molecule has 0 bridgehead atoms. The van der Waals surface area contributed by atoms with E-state index in [4.69, 9.17) is 14.2 Å². The van der Waals surface area contributed by atoms with Crippen LogP contribution in [-0.4, -0.2) is 66.3 Å². The predicted molar refractivity (Wildman–Crippen MR) is 112 cm³/mol. The van der Waals surface area contributed by atoms with Gasteiger partial charge in [-0.3, -0.25) is 9.69 Å². The van der Waals surface area contributed by atoms with Gasteiger partial charge in [-0.25, -0.2) is 4.68 Å². The molecule has 164 valence electrons. The van der Waals surface area contributed by atoms with Crippen molar-refractivity contribution in [2.75, 3.05) is 34.4 Å². The Kier molecular flexibility index (Phi) is 7.15. The average Bonchev–Trinajstić information content (AvgIpc) is 3.23. The second-order valence-corrected chi connectivity index (χ2v) is 7.74. The van der Waals surface area contributed by atoms with Crippen molar-refractivity contribution >= 4 is 5.91 Å². The number of carbonyl (C=O) groups excluding carboxylic acids is 1. The Morgan fingerprint density at radius 1 is 1.20 bits per heavy atom. The molecule has 1 aliphatic rings. The van der Waals surface area contributed by atoms with Gasteiger partial charge in [0.1, 0.15) is 0 Å². The maximum atomic E-state index is 12.2. The standard InChI is InChI=1S/C21H31N5O4/c1-14(2)22-21(27)17-13-26(24-23-17)16-7-6-10-25(12-16)11-15-8-9-18(28-3)20(30-5)19(15)29-4/h8-9,13-14,16H,6-7,10-12H2,1-5H3,(H,22,27). The summed E-state index contributed by atoms with van der Waals surface area (Å²) in [4.78, 5) is 14.5. The molecule has 2 aromatic rings. The number of nitrogens with zero attached hydrogens (tertiary/aromatic N) is 4. The third-order valence-corrected chi connectivity index (χ3v) is 5.20. The monoisotopic (exact) mass is 417 g/mol. The van der Waals surface area contributed by atoms with E-state index in [1.54, 1.807) is 27.5 Å². The SMILES string of the molecule is COc1ccc(CN2CCCC(n3cc(C(=O)NC(C)C)nn3)C2)c(OC)c1OC. The summed E-state index contributed by atoms with van der Waals surface area (Å²) in [5, 5.41) is 11.1. The first-order valence-electron chi connectivity index (χ1n) is 10.2. The number of hydrogen-bond acceptors (Lipinski definition) is 7. The lowest BCUT2D eigenvalue weighted by atomic mass is 10.0. The van der Waals surface area contributed by atoms with Gasteiger partial charge in [0.25, 0.3) is 5.91 Å². The van der Waals surface area contributed by atoms with Crippen molar-refractivity contribution in [3.63, 3.8) is 0 Å². The lowest BCUT2D eigenvalue weighted by molar-refractivity contribution is 0.0938. The number of amides is 1. The summed E-state index contributed by atoms with van der Waals surface area (Å²) in [7, 11) is 4.86. The van der Waals surface area contributed by atoms with Crippen LogP contribution >= 0.6 is 0 Å². The molecule has 1 saturated heterocycles. The van der Waals surface area contributed by atoms with E-state index in [1.165, 1.54) is 0 Å². The molecule has 0 saturated carbocycles. The Morgan fingerprint density at radius 2 is 1.97 bits per heavy atom. The van der Waals surface area contributed by atoms with Crippen LogP contribution in [0, 0.1) is 0 Å². The number of rotatable bonds is 8. The molecular weight excluding hydrogens is 386 g/mol. The van der Waals surface area contributed by atoms with E-state index in [9.17, 15) is 4.79 Å². The van der Waals surface area contributed by atoms with Crippen molar-refractivity contribution < 1.29 is 19.0 Å². The zero-order valence-corrected chi connectivity index (χ0v) is 18.3. The van der Waals surface area contributed by atoms with E-state index in [2.05, 4.69) is 20.5 Å². The molecule has 1 aliphatic heterocycles. The van der Waals surface area contributed by atoms with E-state index >= 15 is 0 Å². The molecule has 1 unspecified atom stereocenters. The Balaban J connectivity index is 1.72. The largest absolute Gasteiger partial charge is 0.493 e. The number of ether oxygens (including phenoxy) is 3. The van der Waals surface area contributed by atoms with Crippen LogP contribution in [0.1, 0.15) is 48.8 Å². The van der Waals surface area contributed by atoms with Gasteiger partial charge in [0.05, 0.1) is 33.6 Å². The first kappa shape index (κ1) is 21.9. The van der Waals surface area contributed by atoms with Crippen LogP contribution in [0.4, 0.5) is 0 Å². The fraction of sp³-hybridized carbons (Fsp3) is 0.571. The summed E-state index contributed by atoms with van der Waals surface area (Å²) >= 11 is 0. The average molecular weight is 418 g/mol. The second-order valence-electron chi connectivity index (χ2n) is 7.74. The van der Waals surface area contributed by atoms with Crippen LogP contribution in [0.5, 0.6) is 17.2 Å². The highest BCUT2D eigenvalue weighted by molar-refractivity contribution is 5.91. The topological polar surface area (TPSA) is 90.7 Å². The Morgan fingerprint density at radius 3 is 2.63 bits per heavy atom. The Labute approximate surface area is 177 Å². The van der Waals surface area contributed by atoms with Crippen molar-refractivity contribution in [2.45, 2.75) is 45.3 Å². The highest BCUT2D eigenvalue weighted by Crippen LogP contribution is 2.40. The first-order valence-corrected chi connectivity index (χ1v) is 10.2. The predicted octanol–water partition coefficient (Wildman–Crippen LogP) is 2.28. The van der Waals surface area contributed by atoms with Gasteiger partial charge in [0.2, 0.25) is 5.75 Å². The van der Waals surface area contributed by atoms with Gasteiger partial charge < -0.3 is 19.5 Å². The van der Waals surface area contributed by atoms with Gasteiger partial charge in [-0.05, 0) is 39.3 Å². The molecular formula is C21H31N5O4. The number of aromatic nitrogens is 3. The van der Waals surface area contributed by atoms with E-state index in [0.717, 1.165) is 38.0 Å². The van der Waals surface area contributed by atoms with E-state index in [0.29, 0.717) is 22.9 Å². The number of hydrogen-bond donors (Lipinski definition) is 1. The zero-order chi connectivity index (χ0) is 21.7. The molecule has 9 heteroatoms. The van der Waals surface area contributed by atoms with Crippen molar-refractivity contribution in [1.82, 2.24) is 25.2 Å². The molecule has 0 aliphatic carbocycles. The maximum absolute atomic E-state index is 12.2. The lowest BCUT2D eigenvalue weighted by Gasteiger charge is -2.33. The fourth-order valence-electron chi connectivity index (χ4n) is 3.81. The summed E-state index contributed by atoms with van der Waals surface area (Å²) in [5.74, 6) is 1.74. The molecule has 1 aromatic heterocycles. The normalized spacial score (nSPS) is 17.1. The molecule has 30 heavy (non-hydrogen) atoms. The first-order chi connectivity index (χ1) is 14.5. The number of piperidine rings is 1. The van der Waals surface area contributed by atoms with E-state index in [1.807, 2.05) is 30.7 Å². The van der Waals surface area contributed by atoms with Crippen LogP contribution in [-0.2, 0) is 6.54 Å². The molecule has 2 heterocycles. The Bertz CT molecular complexity index is 867. The third kappa shape index (κ3) is 4.84. The fourth-order valence-corrected chi connectivity index (χ4v) is 3.81. The van der Waals surface area contributed by atoms with Crippen LogP contribution in [0.25, 0.3) is 0 Å². The smallest absolute Gasteiger partial charge is 0.273 e. The molecule has 1 atom stereocenters. The van der Waals surface area contributed by atoms with Gasteiger partial charge in [0.15, 0.2) is 17.2 Å².